The first-order valence-corrected chi connectivity index (χ1v) is 15.3. The SMILES string of the molecule is C=CC(=O)N1CCN(c2cc(OC[C@@H]3CCCN3C)nc3c2CCN(c2cccc4c2CCCC4)C3)C[C@@H]1CC#N. The number of anilines is 2. The second-order valence-electron chi connectivity index (χ2n) is 12.0. The summed E-state index contributed by atoms with van der Waals surface area (Å²) in [5, 5.41) is 9.53. The van der Waals surface area contributed by atoms with E-state index in [1.807, 2.05) is 0 Å². The second kappa shape index (κ2) is 12.1. The number of benzene rings is 1. The highest BCUT2D eigenvalue weighted by Gasteiger charge is 2.33. The molecule has 2 fully saturated rings. The van der Waals surface area contributed by atoms with Gasteiger partial charge in [-0.05, 0) is 81.8 Å². The minimum Gasteiger partial charge on any atom is -0.476 e. The van der Waals surface area contributed by atoms with Crippen LogP contribution in [0.1, 0.15) is 54.5 Å². The van der Waals surface area contributed by atoms with E-state index in [0.29, 0.717) is 44.6 Å². The number of piperazine rings is 1. The molecular formula is C33H42N6O2. The van der Waals surface area contributed by atoms with Gasteiger partial charge in [-0.1, -0.05) is 18.7 Å². The molecule has 41 heavy (non-hydrogen) atoms. The zero-order valence-electron chi connectivity index (χ0n) is 24.4. The number of hydrogen-bond acceptors (Lipinski definition) is 7. The van der Waals surface area contributed by atoms with Gasteiger partial charge in [0.2, 0.25) is 11.8 Å². The van der Waals surface area contributed by atoms with Crippen molar-refractivity contribution in [2.75, 3.05) is 56.2 Å². The van der Waals surface area contributed by atoms with Crippen molar-refractivity contribution >= 4 is 17.3 Å². The molecule has 0 bridgehead atoms. The second-order valence-corrected chi connectivity index (χ2v) is 12.0. The summed E-state index contributed by atoms with van der Waals surface area (Å²) in [7, 11) is 2.17. The van der Waals surface area contributed by atoms with Gasteiger partial charge in [0.15, 0.2) is 0 Å². The number of nitriles is 1. The largest absolute Gasteiger partial charge is 0.476 e. The van der Waals surface area contributed by atoms with Crippen LogP contribution in [0.15, 0.2) is 36.9 Å². The van der Waals surface area contributed by atoms with E-state index in [9.17, 15) is 10.1 Å². The summed E-state index contributed by atoms with van der Waals surface area (Å²) in [5.74, 6) is 0.575. The summed E-state index contributed by atoms with van der Waals surface area (Å²) in [6.07, 6.45) is 9.78. The molecule has 1 aliphatic carbocycles. The Morgan fingerprint density at radius 3 is 2.76 bits per heavy atom. The van der Waals surface area contributed by atoms with Gasteiger partial charge in [-0.25, -0.2) is 4.98 Å². The first-order chi connectivity index (χ1) is 20.1. The molecule has 0 radical (unpaired) electrons. The van der Waals surface area contributed by atoms with Crippen LogP contribution in [-0.4, -0.2) is 79.2 Å². The number of aromatic nitrogens is 1. The Morgan fingerprint density at radius 1 is 1.07 bits per heavy atom. The molecule has 4 aliphatic rings. The maximum absolute atomic E-state index is 12.5. The molecule has 0 spiro atoms. The molecule has 1 aromatic carbocycles. The van der Waals surface area contributed by atoms with Crippen molar-refractivity contribution in [1.82, 2.24) is 14.8 Å². The molecule has 2 aromatic rings. The molecule has 1 aromatic heterocycles. The van der Waals surface area contributed by atoms with Crippen molar-refractivity contribution in [1.29, 1.82) is 5.26 Å². The van der Waals surface area contributed by atoms with Gasteiger partial charge in [-0.15, -0.1) is 0 Å². The summed E-state index contributed by atoms with van der Waals surface area (Å²) >= 11 is 0. The molecule has 2 saturated heterocycles. The van der Waals surface area contributed by atoms with Crippen molar-refractivity contribution in [3.8, 4) is 11.9 Å². The Hall–Kier alpha value is -3.57. The van der Waals surface area contributed by atoms with E-state index >= 15 is 0 Å². The smallest absolute Gasteiger partial charge is 0.246 e. The summed E-state index contributed by atoms with van der Waals surface area (Å²) in [5.41, 5.74) is 7.88. The van der Waals surface area contributed by atoms with Crippen LogP contribution in [0.3, 0.4) is 0 Å². The van der Waals surface area contributed by atoms with E-state index in [1.165, 1.54) is 54.1 Å². The van der Waals surface area contributed by atoms with Crippen molar-refractivity contribution in [3.05, 3.63) is 59.3 Å². The highest BCUT2D eigenvalue weighted by Crippen LogP contribution is 2.37. The lowest BCUT2D eigenvalue weighted by molar-refractivity contribution is -0.128. The van der Waals surface area contributed by atoms with E-state index in [0.717, 1.165) is 50.3 Å². The Kier molecular flexibility index (Phi) is 8.16. The zero-order chi connectivity index (χ0) is 28.3. The molecule has 0 unspecified atom stereocenters. The molecule has 4 heterocycles. The predicted molar refractivity (Wildman–Crippen MR) is 161 cm³/mol. The van der Waals surface area contributed by atoms with Crippen LogP contribution in [0.2, 0.25) is 0 Å². The van der Waals surface area contributed by atoms with Gasteiger partial charge in [-0.2, -0.15) is 5.26 Å². The number of pyridine rings is 1. The Bertz CT molecular complexity index is 1340. The maximum atomic E-state index is 12.5. The molecule has 8 nitrogen and oxygen atoms in total. The maximum Gasteiger partial charge on any atom is 0.246 e. The van der Waals surface area contributed by atoms with Gasteiger partial charge < -0.3 is 24.3 Å². The van der Waals surface area contributed by atoms with Crippen molar-refractivity contribution in [2.24, 2.45) is 0 Å². The number of amides is 1. The quantitative estimate of drug-likeness (QED) is 0.477. The average Bonchev–Trinajstić information content (AvgIpc) is 3.43. The van der Waals surface area contributed by atoms with Crippen molar-refractivity contribution < 1.29 is 9.53 Å². The number of fused-ring (bicyclic) bond motifs is 2. The third-order valence-electron chi connectivity index (χ3n) is 9.55. The first kappa shape index (κ1) is 27.6. The lowest BCUT2D eigenvalue weighted by Crippen LogP contribution is -2.55. The number of carbonyl (C=O) groups is 1. The van der Waals surface area contributed by atoms with E-state index in [4.69, 9.17) is 9.72 Å². The number of aryl methyl sites for hydroxylation is 1. The fraction of sp³-hybridized carbons (Fsp3) is 0.545. The fourth-order valence-electron chi connectivity index (χ4n) is 7.25. The molecule has 0 saturated carbocycles. The predicted octanol–water partition coefficient (Wildman–Crippen LogP) is 4.11. The summed E-state index contributed by atoms with van der Waals surface area (Å²) in [4.78, 5) is 26.7. The van der Waals surface area contributed by atoms with E-state index in [-0.39, 0.29) is 11.9 Å². The van der Waals surface area contributed by atoms with Crippen LogP contribution in [0.5, 0.6) is 5.88 Å². The summed E-state index contributed by atoms with van der Waals surface area (Å²) < 4.78 is 6.41. The van der Waals surface area contributed by atoms with Gasteiger partial charge >= 0.3 is 0 Å². The molecule has 2 atom stereocenters. The zero-order valence-corrected chi connectivity index (χ0v) is 24.4. The van der Waals surface area contributed by atoms with E-state index in [1.54, 1.807) is 4.90 Å². The van der Waals surface area contributed by atoms with Crippen LogP contribution in [0.4, 0.5) is 11.4 Å². The Balaban J connectivity index is 1.31. The van der Waals surface area contributed by atoms with E-state index < -0.39 is 0 Å². The number of likely N-dealkylation sites (N-methyl/N-ethyl adjacent to an activating group) is 1. The third-order valence-corrected chi connectivity index (χ3v) is 9.55. The van der Waals surface area contributed by atoms with Crippen molar-refractivity contribution in [3.63, 3.8) is 0 Å². The lowest BCUT2D eigenvalue weighted by atomic mass is 9.89. The minimum atomic E-state index is -0.171. The van der Waals surface area contributed by atoms with Crippen LogP contribution in [-0.2, 0) is 30.6 Å². The first-order valence-electron chi connectivity index (χ1n) is 15.3. The molecule has 0 N–H and O–H groups in total. The van der Waals surface area contributed by atoms with Crippen LogP contribution < -0.4 is 14.5 Å². The van der Waals surface area contributed by atoms with Crippen LogP contribution >= 0.6 is 0 Å². The van der Waals surface area contributed by atoms with Crippen LogP contribution in [0.25, 0.3) is 0 Å². The molecule has 3 aliphatic heterocycles. The molecule has 216 valence electrons. The van der Waals surface area contributed by atoms with Gasteiger partial charge in [-0.3, -0.25) is 4.79 Å². The Morgan fingerprint density at radius 2 is 1.95 bits per heavy atom. The van der Waals surface area contributed by atoms with Crippen LogP contribution in [0, 0.1) is 11.3 Å². The summed E-state index contributed by atoms with van der Waals surface area (Å²) in [6.45, 7) is 9.02. The van der Waals surface area contributed by atoms with Gasteiger partial charge in [0, 0.05) is 55.2 Å². The van der Waals surface area contributed by atoms with E-state index in [2.05, 4.69) is 58.7 Å². The Labute approximate surface area is 244 Å². The van der Waals surface area contributed by atoms with Gasteiger partial charge in [0.25, 0.3) is 0 Å². The number of rotatable bonds is 7. The number of hydrogen-bond donors (Lipinski definition) is 0. The topological polar surface area (TPSA) is 75.9 Å². The number of nitrogens with zero attached hydrogens (tertiary/aromatic N) is 6. The number of ether oxygens (including phenoxy) is 1. The average molecular weight is 555 g/mol. The van der Waals surface area contributed by atoms with Crippen molar-refractivity contribution in [2.45, 2.75) is 70.0 Å². The number of carbonyl (C=O) groups excluding carboxylic acids is 1. The van der Waals surface area contributed by atoms with Gasteiger partial charge in [0.05, 0.1) is 30.8 Å². The molecule has 8 heteroatoms. The molecule has 1 amide bonds. The normalized spacial score (nSPS) is 22.6. The number of likely N-dealkylation sites (tertiary alicyclic amines) is 1. The highest BCUT2D eigenvalue weighted by atomic mass is 16.5. The fourth-order valence-corrected chi connectivity index (χ4v) is 7.25. The summed E-state index contributed by atoms with van der Waals surface area (Å²) in [6, 6.07) is 11.4. The molecular weight excluding hydrogens is 512 g/mol. The standard InChI is InChI=1S/C33H42N6O2/c1-3-33(40)39-19-18-38(21-25(39)13-15-34)31-20-32(41-23-26-10-7-16-36(26)2)35-29-22-37(17-14-28(29)31)30-12-6-9-24-8-4-5-11-27(24)30/h3,6,9,12,20,25-26H,1,4-5,7-8,10-11,13-14,16-19,21-23H2,2H3/t25-,26-/m0/s1. The monoisotopic (exact) mass is 554 g/mol. The highest BCUT2D eigenvalue weighted by molar-refractivity contribution is 5.87. The molecule has 6 rings (SSSR count). The minimum absolute atomic E-state index is 0.104. The lowest BCUT2D eigenvalue weighted by Gasteiger charge is -2.43. The third kappa shape index (κ3) is 5.65. The van der Waals surface area contributed by atoms with Gasteiger partial charge in [0.1, 0.15) is 6.61 Å².